The molecule has 0 aliphatic carbocycles. The first-order valence-corrected chi connectivity index (χ1v) is 7.51. The summed E-state index contributed by atoms with van der Waals surface area (Å²) in [6, 6.07) is 0. The van der Waals surface area contributed by atoms with Gasteiger partial charge in [-0.1, -0.05) is 13.3 Å². The molecule has 1 saturated heterocycles. The van der Waals surface area contributed by atoms with Crippen molar-refractivity contribution in [2.24, 2.45) is 7.05 Å². The number of nitrogens with zero attached hydrogens (tertiary/aromatic N) is 2. The summed E-state index contributed by atoms with van der Waals surface area (Å²) in [5, 5.41) is 3.06. The Morgan fingerprint density at radius 3 is 2.81 bits per heavy atom. The molecule has 1 atom stereocenters. The third kappa shape index (κ3) is 3.29. The van der Waals surface area contributed by atoms with Gasteiger partial charge >= 0.3 is 5.69 Å². The molecule has 0 aromatic carbocycles. The Bertz CT molecular complexity index is 599. The van der Waals surface area contributed by atoms with E-state index in [0.29, 0.717) is 18.8 Å². The fourth-order valence-electron chi connectivity index (χ4n) is 2.50. The fraction of sp³-hybridized carbons (Fsp3) is 0.714. The third-order valence-corrected chi connectivity index (χ3v) is 3.85. The molecule has 0 spiro atoms. The van der Waals surface area contributed by atoms with Crippen molar-refractivity contribution in [1.82, 2.24) is 9.13 Å². The molecule has 1 aliphatic rings. The molecule has 21 heavy (non-hydrogen) atoms. The number of rotatable bonds is 6. The van der Waals surface area contributed by atoms with Gasteiger partial charge in [-0.2, -0.15) is 0 Å². The Hall–Kier alpha value is -1.76. The summed E-state index contributed by atoms with van der Waals surface area (Å²) in [5.74, 6) is 0.217. The number of unbranched alkanes of at least 4 members (excludes halogenated alkanes) is 1. The van der Waals surface area contributed by atoms with Gasteiger partial charge in [-0.3, -0.25) is 13.9 Å². The van der Waals surface area contributed by atoms with E-state index in [1.165, 1.54) is 11.6 Å². The molecule has 7 nitrogen and oxygen atoms in total. The average molecular weight is 296 g/mol. The minimum Gasteiger partial charge on any atom is -0.383 e. The summed E-state index contributed by atoms with van der Waals surface area (Å²) in [6.45, 7) is 3.85. The predicted molar refractivity (Wildman–Crippen MR) is 82.7 cm³/mol. The van der Waals surface area contributed by atoms with Crippen LogP contribution in [0.4, 0.5) is 11.5 Å². The van der Waals surface area contributed by atoms with E-state index in [1.54, 1.807) is 0 Å². The van der Waals surface area contributed by atoms with E-state index in [-0.39, 0.29) is 23.2 Å². The molecule has 118 valence electrons. The lowest BCUT2D eigenvalue weighted by molar-refractivity contribution is 0.120. The maximum Gasteiger partial charge on any atom is 0.332 e. The molecule has 2 heterocycles. The van der Waals surface area contributed by atoms with Crippen molar-refractivity contribution in [3.63, 3.8) is 0 Å². The number of nitrogens with one attached hydrogen (secondary N) is 1. The van der Waals surface area contributed by atoms with Crippen molar-refractivity contribution >= 4 is 11.5 Å². The number of aromatic nitrogens is 2. The lowest BCUT2D eigenvalue weighted by Crippen LogP contribution is -2.41. The first kappa shape index (κ1) is 15.6. The summed E-state index contributed by atoms with van der Waals surface area (Å²) < 4.78 is 8.08. The van der Waals surface area contributed by atoms with Crippen LogP contribution in [0.2, 0.25) is 0 Å². The van der Waals surface area contributed by atoms with Crippen LogP contribution in [-0.4, -0.2) is 28.4 Å². The number of anilines is 2. The van der Waals surface area contributed by atoms with E-state index in [4.69, 9.17) is 10.5 Å². The Balaban J connectivity index is 2.28. The topological polar surface area (TPSA) is 91.3 Å². The highest BCUT2D eigenvalue weighted by Crippen LogP contribution is 2.15. The molecule has 1 aromatic rings. The molecule has 7 heteroatoms. The van der Waals surface area contributed by atoms with Gasteiger partial charge in [0.2, 0.25) is 0 Å². The van der Waals surface area contributed by atoms with E-state index in [1.807, 2.05) is 6.92 Å². The highest BCUT2D eigenvalue weighted by Gasteiger charge is 2.19. The van der Waals surface area contributed by atoms with Crippen LogP contribution in [0.25, 0.3) is 0 Å². The summed E-state index contributed by atoms with van der Waals surface area (Å²) >= 11 is 0. The number of hydrogen-bond acceptors (Lipinski definition) is 5. The Kier molecular flexibility index (Phi) is 5.06. The number of hydrogen-bond donors (Lipinski definition) is 2. The van der Waals surface area contributed by atoms with Crippen molar-refractivity contribution in [2.45, 2.75) is 45.3 Å². The smallest absolute Gasteiger partial charge is 0.332 e. The molecule has 1 unspecified atom stereocenters. The fourth-order valence-corrected chi connectivity index (χ4v) is 2.50. The second-order valence-corrected chi connectivity index (χ2v) is 5.43. The molecule has 1 fully saturated rings. The first-order valence-electron chi connectivity index (χ1n) is 7.51. The molecule has 0 saturated carbocycles. The number of ether oxygens (including phenoxy) is 1. The van der Waals surface area contributed by atoms with Gasteiger partial charge in [0.05, 0.1) is 6.10 Å². The SMILES string of the molecule is CCCCn1c(N)c(NCC2CCCO2)c(=O)n(C)c1=O. The van der Waals surface area contributed by atoms with Crippen LogP contribution in [0.1, 0.15) is 32.6 Å². The van der Waals surface area contributed by atoms with Gasteiger partial charge in [-0.05, 0) is 19.3 Å². The molecular formula is C14H24N4O3. The molecule has 3 N–H and O–H groups in total. The van der Waals surface area contributed by atoms with Gasteiger partial charge in [0, 0.05) is 26.7 Å². The Morgan fingerprint density at radius 1 is 1.43 bits per heavy atom. The van der Waals surface area contributed by atoms with Crippen molar-refractivity contribution < 1.29 is 4.74 Å². The van der Waals surface area contributed by atoms with Crippen LogP contribution in [0.3, 0.4) is 0 Å². The third-order valence-electron chi connectivity index (χ3n) is 3.85. The molecule has 0 bridgehead atoms. The van der Waals surface area contributed by atoms with Crippen molar-refractivity contribution in [3.05, 3.63) is 20.8 Å². The van der Waals surface area contributed by atoms with Gasteiger partial charge in [-0.25, -0.2) is 4.79 Å². The highest BCUT2D eigenvalue weighted by molar-refractivity contribution is 5.60. The van der Waals surface area contributed by atoms with Crippen LogP contribution in [0.5, 0.6) is 0 Å². The molecule has 1 aliphatic heterocycles. The molecular weight excluding hydrogens is 272 g/mol. The zero-order chi connectivity index (χ0) is 15.4. The van der Waals surface area contributed by atoms with Crippen molar-refractivity contribution in [3.8, 4) is 0 Å². The minimum absolute atomic E-state index is 0.102. The number of nitrogen functional groups attached to an aromatic ring is 1. The van der Waals surface area contributed by atoms with E-state index in [2.05, 4.69) is 5.32 Å². The van der Waals surface area contributed by atoms with Crippen LogP contribution >= 0.6 is 0 Å². The van der Waals surface area contributed by atoms with Crippen LogP contribution in [0.15, 0.2) is 9.59 Å². The van der Waals surface area contributed by atoms with E-state index >= 15 is 0 Å². The zero-order valence-corrected chi connectivity index (χ0v) is 12.7. The van der Waals surface area contributed by atoms with E-state index < -0.39 is 0 Å². The van der Waals surface area contributed by atoms with Crippen molar-refractivity contribution in [1.29, 1.82) is 0 Å². The highest BCUT2D eigenvalue weighted by atomic mass is 16.5. The van der Waals surface area contributed by atoms with Gasteiger partial charge in [0.25, 0.3) is 5.56 Å². The predicted octanol–water partition coefficient (Wildman–Crippen LogP) is 0.520. The normalized spacial score (nSPS) is 18.1. The largest absolute Gasteiger partial charge is 0.383 e. The monoisotopic (exact) mass is 296 g/mol. The molecule has 1 aromatic heterocycles. The summed E-state index contributed by atoms with van der Waals surface area (Å²) in [5.41, 5.74) is 5.57. The minimum atomic E-state index is -0.386. The van der Waals surface area contributed by atoms with Gasteiger partial charge < -0.3 is 15.8 Å². The second kappa shape index (κ2) is 6.80. The summed E-state index contributed by atoms with van der Waals surface area (Å²) in [6.07, 6.45) is 3.91. The van der Waals surface area contributed by atoms with Crippen LogP contribution < -0.4 is 22.3 Å². The zero-order valence-electron chi connectivity index (χ0n) is 12.7. The quantitative estimate of drug-likeness (QED) is 0.798. The number of nitrogens with two attached hydrogens (primary N) is 1. The van der Waals surface area contributed by atoms with Crippen LogP contribution in [0, 0.1) is 0 Å². The lowest BCUT2D eigenvalue weighted by atomic mass is 10.2. The van der Waals surface area contributed by atoms with E-state index in [0.717, 1.165) is 36.9 Å². The van der Waals surface area contributed by atoms with Gasteiger partial charge in [0.15, 0.2) is 0 Å². The average Bonchev–Trinajstić information content (AvgIpc) is 2.98. The molecule has 0 amide bonds. The molecule has 0 radical (unpaired) electrons. The maximum absolute atomic E-state index is 12.2. The first-order chi connectivity index (χ1) is 10.1. The van der Waals surface area contributed by atoms with E-state index in [9.17, 15) is 9.59 Å². The van der Waals surface area contributed by atoms with Crippen LogP contribution in [-0.2, 0) is 18.3 Å². The maximum atomic E-state index is 12.2. The molecule has 2 rings (SSSR count). The van der Waals surface area contributed by atoms with Gasteiger partial charge in [0.1, 0.15) is 11.5 Å². The summed E-state index contributed by atoms with van der Waals surface area (Å²) in [7, 11) is 1.48. The standard InChI is InChI=1S/C14H24N4O3/c1-3-4-7-18-12(15)11(13(19)17(2)14(18)20)16-9-10-6-5-8-21-10/h10,16H,3-9,15H2,1-2H3. The van der Waals surface area contributed by atoms with Crippen molar-refractivity contribution in [2.75, 3.05) is 24.2 Å². The Morgan fingerprint density at radius 2 is 2.19 bits per heavy atom. The second-order valence-electron chi connectivity index (χ2n) is 5.43. The lowest BCUT2D eigenvalue weighted by Gasteiger charge is -2.17. The summed E-state index contributed by atoms with van der Waals surface area (Å²) in [4.78, 5) is 24.3. The Labute approximate surface area is 123 Å². The van der Waals surface area contributed by atoms with Gasteiger partial charge in [-0.15, -0.1) is 0 Å².